The van der Waals surface area contributed by atoms with E-state index in [1.807, 2.05) is 4.98 Å². The van der Waals surface area contributed by atoms with E-state index in [0.29, 0.717) is 0 Å². The van der Waals surface area contributed by atoms with Gasteiger partial charge in [-0.1, -0.05) is 11.6 Å². The van der Waals surface area contributed by atoms with Gasteiger partial charge in [-0.25, -0.2) is 9.59 Å². The molecule has 1 aromatic heterocycles. The number of hydrogen-bond donors (Lipinski definition) is 5. The van der Waals surface area contributed by atoms with E-state index in [0.717, 1.165) is 0 Å². The van der Waals surface area contributed by atoms with E-state index in [1.54, 1.807) is 0 Å². The number of benzene rings is 1. The van der Waals surface area contributed by atoms with Gasteiger partial charge in [0.25, 0.3) is 5.56 Å². The SMILES string of the molecule is Nc1[nH]c(=O)c(C(=O)O)c(-c2c(Cl)ccc(Br)c2O)c1C(=O)O. The number of carboxylic acids is 2. The quantitative estimate of drug-likeness (QED) is 0.526. The fourth-order valence-corrected chi connectivity index (χ4v) is 2.65. The number of aromatic nitrogens is 1. The van der Waals surface area contributed by atoms with E-state index in [4.69, 9.17) is 17.3 Å². The van der Waals surface area contributed by atoms with Crippen LogP contribution in [0.5, 0.6) is 5.75 Å². The molecule has 10 heteroatoms. The van der Waals surface area contributed by atoms with E-state index in [9.17, 15) is 29.7 Å². The number of carboxylic acid groups (broad SMARTS) is 2. The highest BCUT2D eigenvalue weighted by Crippen LogP contribution is 2.43. The third-order valence-electron chi connectivity index (χ3n) is 3.00. The molecule has 0 spiro atoms. The molecule has 120 valence electrons. The van der Waals surface area contributed by atoms with Crippen molar-refractivity contribution in [2.24, 2.45) is 0 Å². The maximum Gasteiger partial charge on any atom is 0.342 e. The first-order chi connectivity index (χ1) is 10.7. The van der Waals surface area contributed by atoms with Crippen molar-refractivity contribution in [2.75, 3.05) is 5.73 Å². The monoisotopic (exact) mass is 402 g/mol. The Labute approximate surface area is 141 Å². The number of pyridine rings is 1. The molecule has 0 saturated carbocycles. The number of anilines is 1. The number of nitrogen functional groups attached to an aromatic ring is 1. The summed E-state index contributed by atoms with van der Waals surface area (Å²) >= 11 is 8.99. The topological polar surface area (TPSA) is 154 Å². The summed E-state index contributed by atoms with van der Waals surface area (Å²) in [5.74, 6) is -4.36. The average Bonchev–Trinajstić information content (AvgIpc) is 2.42. The number of aromatic amines is 1. The molecule has 2 rings (SSSR count). The average molecular weight is 404 g/mol. The van der Waals surface area contributed by atoms with Crippen LogP contribution in [0.25, 0.3) is 11.1 Å². The Hall–Kier alpha value is -2.52. The van der Waals surface area contributed by atoms with Gasteiger partial charge in [-0.15, -0.1) is 0 Å². The molecule has 0 saturated heterocycles. The molecule has 0 fully saturated rings. The van der Waals surface area contributed by atoms with Crippen molar-refractivity contribution in [3.8, 4) is 16.9 Å². The van der Waals surface area contributed by atoms with Crippen LogP contribution in [0.15, 0.2) is 21.4 Å². The van der Waals surface area contributed by atoms with E-state index in [-0.39, 0.29) is 15.1 Å². The Kier molecular flexibility index (Phi) is 4.35. The van der Waals surface area contributed by atoms with Crippen molar-refractivity contribution in [1.82, 2.24) is 4.98 Å². The largest absolute Gasteiger partial charge is 0.506 e. The fourth-order valence-electron chi connectivity index (χ4n) is 2.08. The Bertz CT molecular complexity index is 908. The lowest BCUT2D eigenvalue weighted by atomic mass is 9.94. The molecule has 0 amide bonds. The maximum atomic E-state index is 11.9. The number of rotatable bonds is 3. The summed E-state index contributed by atoms with van der Waals surface area (Å²) in [6.45, 7) is 0. The molecule has 1 heterocycles. The Morgan fingerprint density at radius 3 is 2.22 bits per heavy atom. The van der Waals surface area contributed by atoms with Gasteiger partial charge in [-0.2, -0.15) is 0 Å². The summed E-state index contributed by atoms with van der Waals surface area (Å²) in [7, 11) is 0. The molecular weight excluding hydrogens is 396 g/mol. The Balaban J connectivity index is 3.14. The molecule has 1 aromatic carbocycles. The molecule has 2 aromatic rings. The number of halogens is 2. The predicted octanol–water partition coefficient (Wildman–Crippen LogP) is 2.14. The molecule has 23 heavy (non-hydrogen) atoms. The minimum Gasteiger partial charge on any atom is -0.506 e. The first kappa shape index (κ1) is 16.8. The van der Waals surface area contributed by atoms with Crippen LogP contribution >= 0.6 is 27.5 Å². The molecule has 0 unspecified atom stereocenters. The lowest BCUT2D eigenvalue weighted by Crippen LogP contribution is -2.24. The van der Waals surface area contributed by atoms with Crippen LogP contribution in [0, 0.1) is 0 Å². The number of hydrogen-bond acceptors (Lipinski definition) is 5. The van der Waals surface area contributed by atoms with Gasteiger partial charge in [0.05, 0.1) is 9.50 Å². The van der Waals surface area contributed by atoms with Gasteiger partial charge < -0.3 is 26.0 Å². The van der Waals surface area contributed by atoms with Gasteiger partial charge in [-0.05, 0) is 28.1 Å². The van der Waals surface area contributed by atoms with E-state index in [2.05, 4.69) is 15.9 Å². The molecule has 6 N–H and O–H groups in total. The number of carbonyl (C=O) groups is 2. The van der Waals surface area contributed by atoms with Gasteiger partial charge in [-0.3, -0.25) is 4.79 Å². The van der Waals surface area contributed by atoms with Crippen LogP contribution in [0.1, 0.15) is 20.7 Å². The summed E-state index contributed by atoms with van der Waals surface area (Å²) in [6, 6.07) is 2.67. The summed E-state index contributed by atoms with van der Waals surface area (Å²) < 4.78 is 0.128. The smallest absolute Gasteiger partial charge is 0.342 e. The molecular formula is C13H8BrClN2O6. The Morgan fingerprint density at radius 1 is 1.13 bits per heavy atom. The van der Waals surface area contributed by atoms with Crippen molar-refractivity contribution in [3.63, 3.8) is 0 Å². The third kappa shape index (κ3) is 2.76. The van der Waals surface area contributed by atoms with Crippen LogP contribution in [0.2, 0.25) is 5.02 Å². The van der Waals surface area contributed by atoms with Crippen LogP contribution in [0.3, 0.4) is 0 Å². The standard InChI is InChI=1S/C13H8BrClN2O6/c14-3-1-2-4(15)5(9(3)18)6-7(12(20)21)10(16)17-11(19)8(6)13(22)23/h1-2,18H,(H,20,21)(H,22,23)(H3,16,17,19). The van der Waals surface area contributed by atoms with Crippen LogP contribution in [-0.4, -0.2) is 32.2 Å². The Morgan fingerprint density at radius 2 is 1.70 bits per heavy atom. The van der Waals surface area contributed by atoms with Gasteiger partial charge in [0, 0.05) is 11.1 Å². The minimum absolute atomic E-state index is 0.128. The van der Waals surface area contributed by atoms with E-state index >= 15 is 0 Å². The molecule has 0 radical (unpaired) electrons. The summed E-state index contributed by atoms with van der Waals surface area (Å²) in [5.41, 5.74) is 1.90. The van der Waals surface area contributed by atoms with Crippen molar-refractivity contribution in [3.05, 3.63) is 43.1 Å². The predicted molar refractivity (Wildman–Crippen MR) is 85.2 cm³/mol. The normalized spacial score (nSPS) is 10.5. The van der Waals surface area contributed by atoms with Crippen LogP contribution in [0.4, 0.5) is 5.82 Å². The van der Waals surface area contributed by atoms with Gasteiger partial charge >= 0.3 is 11.9 Å². The van der Waals surface area contributed by atoms with Crippen molar-refractivity contribution in [1.29, 1.82) is 0 Å². The molecule has 0 aliphatic carbocycles. The van der Waals surface area contributed by atoms with E-state index < -0.39 is 45.8 Å². The zero-order chi connectivity index (χ0) is 17.5. The number of phenolic OH excluding ortho intramolecular Hbond substituents is 1. The molecule has 8 nitrogen and oxygen atoms in total. The highest BCUT2D eigenvalue weighted by Gasteiger charge is 2.30. The minimum atomic E-state index is -1.70. The molecule has 0 bridgehead atoms. The van der Waals surface area contributed by atoms with Crippen LogP contribution < -0.4 is 11.3 Å². The van der Waals surface area contributed by atoms with Crippen molar-refractivity contribution >= 4 is 45.3 Å². The lowest BCUT2D eigenvalue weighted by Gasteiger charge is -2.15. The highest BCUT2D eigenvalue weighted by molar-refractivity contribution is 9.10. The number of H-pyrrole nitrogens is 1. The maximum absolute atomic E-state index is 11.9. The number of aromatic carboxylic acids is 2. The number of aromatic hydroxyl groups is 1. The second kappa shape index (κ2) is 5.94. The number of nitrogens with one attached hydrogen (secondary N) is 1. The first-order valence-electron chi connectivity index (χ1n) is 5.86. The highest BCUT2D eigenvalue weighted by atomic mass is 79.9. The van der Waals surface area contributed by atoms with Gasteiger partial charge in [0.2, 0.25) is 0 Å². The lowest BCUT2D eigenvalue weighted by molar-refractivity contribution is 0.0695. The van der Waals surface area contributed by atoms with Crippen molar-refractivity contribution in [2.45, 2.75) is 0 Å². The second-order valence-electron chi connectivity index (χ2n) is 4.36. The van der Waals surface area contributed by atoms with Gasteiger partial charge in [0.15, 0.2) is 0 Å². The third-order valence-corrected chi connectivity index (χ3v) is 3.96. The summed E-state index contributed by atoms with van der Waals surface area (Å²) in [5, 5.41) is 28.6. The van der Waals surface area contributed by atoms with E-state index in [1.165, 1.54) is 12.1 Å². The summed E-state index contributed by atoms with van der Waals surface area (Å²) in [6.07, 6.45) is 0. The zero-order valence-corrected chi connectivity index (χ0v) is 13.4. The summed E-state index contributed by atoms with van der Waals surface area (Å²) in [4.78, 5) is 36.8. The molecule has 0 aliphatic heterocycles. The van der Waals surface area contributed by atoms with Crippen molar-refractivity contribution < 1.29 is 24.9 Å². The number of nitrogens with two attached hydrogens (primary N) is 1. The zero-order valence-electron chi connectivity index (χ0n) is 11.1. The molecule has 0 aliphatic rings. The van der Waals surface area contributed by atoms with Crippen LogP contribution in [-0.2, 0) is 0 Å². The molecule has 0 atom stereocenters. The number of phenols is 1. The second-order valence-corrected chi connectivity index (χ2v) is 5.62. The van der Waals surface area contributed by atoms with Gasteiger partial charge in [0.1, 0.15) is 22.7 Å². The fraction of sp³-hybridized carbons (Fsp3) is 0. The first-order valence-corrected chi connectivity index (χ1v) is 7.03.